The predicted molar refractivity (Wildman–Crippen MR) is 90.9 cm³/mol. The number of anilines is 1. The number of benzene rings is 1. The van der Waals surface area contributed by atoms with Gasteiger partial charge >= 0.3 is 0 Å². The molecule has 0 saturated heterocycles. The molecule has 0 spiro atoms. The molecule has 0 saturated carbocycles. The van der Waals surface area contributed by atoms with E-state index in [-0.39, 0.29) is 6.67 Å². The molecular weight excluding hydrogens is 309 g/mol. The second-order valence-electron chi connectivity index (χ2n) is 5.75. The van der Waals surface area contributed by atoms with Gasteiger partial charge in [0.15, 0.2) is 11.5 Å². The average Bonchev–Trinajstić information content (AvgIpc) is 3.04. The fraction of sp³-hybridized carbons (Fsp3) is 0.278. The third kappa shape index (κ3) is 2.64. The van der Waals surface area contributed by atoms with Crippen LogP contribution < -0.4 is 14.4 Å². The van der Waals surface area contributed by atoms with Gasteiger partial charge in [-0.1, -0.05) is 0 Å². The minimum Gasteiger partial charge on any atom is -0.486 e. The van der Waals surface area contributed by atoms with Crippen LogP contribution in [-0.2, 0) is 0 Å². The standard InChI is InChI=1S/C18H18FN3O2/c1-21(7-5-19)14-4-6-22-12-15(20-18(22)11-14)13-2-3-16-17(10-13)24-9-8-23-16/h2-4,6,10-12H,5,7-9H2,1H3. The fourth-order valence-corrected chi connectivity index (χ4v) is 2.81. The fourth-order valence-electron chi connectivity index (χ4n) is 2.81. The first kappa shape index (κ1) is 14.8. The Morgan fingerprint density at radius 1 is 1.17 bits per heavy atom. The number of rotatable bonds is 4. The lowest BCUT2D eigenvalue weighted by Crippen LogP contribution is -2.19. The lowest BCUT2D eigenvalue weighted by molar-refractivity contribution is 0.171. The van der Waals surface area contributed by atoms with Crippen molar-refractivity contribution in [2.45, 2.75) is 0 Å². The molecule has 1 aliphatic rings. The Hall–Kier alpha value is -2.76. The van der Waals surface area contributed by atoms with Gasteiger partial charge in [-0.3, -0.25) is 0 Å². The van der Waals surface area contributed by atoms with E-state index in [0.29, 0.717) is 19.8 Å². The van der Waals surface area contributed by atoms with Gasteiger partial charge in [0.25, 0.3) is 0 Å². The zero-order chi connectivity index (χ0) is 16.5. The van der Waals surface area contributed by atoms with E-state index in [2.05, 4.69) is 4.98 Å². The van der Waals surface area contributed by atoms with E-state index < -0.39 is 0 Å². The van der Waals surface area contributed by atoms with Crippen LogP contribution in [0.5, 0.6) is 11.5 Å². The van der Waals surface area contributed by atoms with E-state index in [0.717, 1.165) is 34.1 Å². The Balaban J connectivity index is 1.70. The Bertz CT molecular complexity index is 878. The molecule has 3 aromatic rings. The second kappa shape index (κ2) is 6.03. The maximum Gasteiger partial charge on any atom is 0.162 e. The van der Waals surface area contributed by atoms with Gasteiger partial charge in [0.05, 0.1) is 5.69 Å². The minimum absolute atomic E-state index is 0.367. The van der Waals surface area contributed by atoms with Crippen molar-refractivity contribution in [2.75, 3.05) is 38.4 Å². The second-order valence-corrected chi connectivity index (χ2v) is 5.75. The molecule has 0 unspecified atom stereocenters. The molecule has 4 rings (SSSR count). The van der Waals surface area contributed by atoms with Gasteiger partial charge in [0.1, 0.15) is 25.5 Å². The summed E-state index contributed by atoms with van der Waals surface area (Å²) in [4.78, 5) is 6.55. The summed E-state index contributed by atoms with van der Waals surface area (Å²) in [5.74, 6) is 1.52. The molecule has 0 N–H and O–H groups in total. The third-order valence-electron chi connectivity index (χ3n) is 4.14. The number of nitrogens with zero attached hydrogens (tertiary/aromatic N) is 3. The molecular formula is C18H18FN3O2. The van der Waals surface area contributed by atoms with Gasteiger partial charge < -0.3 is 18.8 Å². The molecule has 3 heterocycles. The van der Waals surface area contributed by atoms with Crippen molar-refractivity contribution in [1.82, 2.24) is 9.38 Å². The highest BCUT2D eigenvalue weighted by molar-refractivity contribution is 5.68. The highest BCUT2D eigenvalue weighted by Gasteiger charge is 2.14. The lowest BCUT2D eigenvalue weighted by atomic mass is 10.1. The number of pyridine rings is 1. The van der Waals surface area contributed by atoms with Crippen LogP contribution in [0.25, 0.3) is 16.9 Å². The zero-order valence-electron chi connectivity index (χ0n) is 13.4. The van der Waals surface area contributed by atoms with E-state index in [1.54, 1.807) is 0 Å². The van der Waals surface area contributed by atoms with E-state index in [1.807, 2.05) is 59.1 Å². The van der Waals surface area contributed by atoms with Crippen LogP contribution >= 0.6 is 0 Å². The van der Waals surface area contributed by atoms with Crippen molar-refractivity contribution in [2.24, 2.45) is 0 Å². The molecule has 0 fully saturated rings. The van der Waals surface area contributed by atoms with E-state index in [4.69, 9.17) is 9.47 Å². The quantitative estimate of drug-likeness (QED) is 0.738. The number of fused-ring (bicyclic) bond motifs is 2. The first-order chi connectivity index (χ1) is 11.7. The highest BCUT2D eigenvalue weighted by Crippen LogP contribution is 2.34. The van der Waals surface area contributed by atoms with Crippen molar-refractivity contribution in [3.63, 3.8) is 0 Å². The zero-order valence-corrected chi connectivity index (χ0v) is 13.4. The first-order valence-electron chi connectivity index (χ1n) is 7.90. The van der Waals surface area contributed by atoms with Crippen molar-refractivity contribution in [1.29, 1.82) is 0 Å². The summed E-state index contributed by atoms with van der Waals surface area (Å²) in [6.45, 7) is 1.13. The number of hydrogen-bond acceptors (Lipinski definition) is 4. The van der Waals surface area contributed by atoms with Crippen LogP contribution in [0.15, 0.2) is 42.7 Å². The predicted octanol–water partition coefficient (Wildman–Crippen LogP) is 3.18. The summed E-state index contributed by atoms with van der Waals surface area (Å²) in [5.41, 5.74) is 3.60. The van der Waals surface area contributed by atoms with Crippen LogP contribution in [-0.4, -0.2) is 42.9 Å². The van der Waals surface area contributed by atoms with Gasteiger partial charge in [-0.2, -0.15) is 0 Å². The number of alkyl halides is 1. The van der Waals surface area contributed by atoms with Crippen LogP contribution in [0.4, 0.5) is 10.1 Å². The molecule has 0 aliphatic carbocycles. The lowest BCUT2D eigenvalue weighted by Gasteiger charge is -2.18. The number of aromatic nitrogens is 2. The minimum atomic E-state index is -0.376. The molecule has 0 amide bonds. The molecule has 24 heavy (non-hydrogen) atoms. The Labute approximate surface area is 139 Å². The summed E-state index contributed by atoms with van der Waals surface area (Å²) < 4.78 is 25.7. The molecule has 6 heteroatoms. The van der Waals surface area contributed by atoms with Gasteiger partial charge in [0, 0.05) is 43.3 Å². The van der Waals surface area contributed by atoms with E-state index in [1.165, 1.54) is 0 Å². The van der Waals surface area contributed by atoms with Crippen molar-refractivity contribution >= 4 is 11.3 Å². The number of hydrogen-bond donors (Lipinski definition) is 0. The summed E-state index contributed by atoms with van der Waals surface area (Å²) in [6, 6.07) is 9.75. The molecule has 5 nitrogen and oxygen atoms in total. The summed E-state index contributed by atoms with van der Waals surface area (Å²) in [6.07, 6.45) is 3.91. The van der Waals surface area contributed by atoms with Gasteiger partial charge in [0.2, 0.25) is 0 Å². The van der Waals surface area contributed by atoms with Crippen LogP contribution in [0.3, 0.4) is 0 Å². The molecule has 0 bridgehead atoms. The number of halogens is 1. The third-order valence-corrected chi connectivity index (χ3v) is 4.14. The van der Waals surface area contributed by atoms with Gasteiger partial charge in [-0.15, -0.1) is 0 Å². The molecule has 2 aromatic heterocycles. The van der Waals surface area contributed by atoms with Crippen LogP contribution in [0.2, 0.25) is 0 Å². The summed E-state index contributed by atoms with van der Waals surface area (Å²) in [5, 5.41) is 0. The summed E-state index contributed by atoms with van der Waals surface area (Å²) in [7, 11) is 1.87. The first-order valence-corrected chi connectivity index (χ1v) is 7.90. The SMILES string of the molecule is CN(CCF)c1ccn2cc(-c3ccc4c(c3)OCCO4)nc2c1. The Morgan fingerprint density at radius 2 is 2.00 bits per heavy atom. The molecule has 1 aliphatic heterocycles. The van der Waals surface area contributed by atoms with Gasteiger partial charge in [-0.25, -0.2) is 9.37 Å². The van der Waals surface area contributed by atoms with Crippen molar-refractivity contribution < 1.29 is 13.9 Å². The maximum absolute atomic E-state index is 12.5. The average molecular weight is 327 g/mol. The summed E-state index contributed by atoms with van der Waals surface area (Å²) >= 11 is 0. The topological polar surface area (TPSA) is 39.0 Å². The van der Waals surface area contributed by atoms with Crippen LogP contribution in [0, 0.1) is 0 Å². The molecule has 0 atom stereocenters. The van der Waals surface area contributed by atoms with Crippen molar-refractivity contribution in [3.8, 4) is 22.8 Å². The molecule has 0 radical (unpaired) electrons. The van der Waals surface area contributed by atoms with E-state index in [9.17, 15) is 4.39 Å². The van der Waals surface area contributed by atoms with E-state index >= 15 is 0 Å². The number of ether oxygens (including phenoxy) is 2. The van der Waals surface area contributed by atoms with Gasteiger partial charge in [-0.05, 0) is 24.3 Å². The largest absolute Gasteiger partial charge is 0.486 e. The Kier molecular flexibility index (Phi) is 3.72. The molecule has 1 aromatic carbocycles. The maximum atomic E-state index is 12.5. The smallest absolute Gasteiger partial charge is 0.162 e. The highest BCUT2D eigenvalue weighted by atomic mass is 19.1. The molecule has 124 valence electrons. The Morgan fingerprint density at radius 3 is 2.83 bits per heavy atom. The monoisotopic (exact) mass is 327 g/mol. The van der Waals surface area contributed by atoms with Crippen molar-refractivity contribution in [3.05, 3.63) is 42.7 Å². The number of imidazole rings is 1. The van der Waals surface area contributed by atoms with Crippen LogP contribution in [0.1, 0.15) is 0 Å². The normalized spacial score (nSPS) is 13.2.